The summed E-state index contributed by atoms with van der Waals surface area (Å²) >= 11 is 6.26. The quantitative estimate of drug-likeness (QED) is 0.508. The molecule has 0 atom stereocenters. The van der Waals surface area contributed by atoms with Gasteiger partial charge in [0.15, 0.2) is 0 Å². The van der Waals surface area contributed by atoms with E-state index in [-0.39, 0.29) is 33.3 Å². The molecule has 29 heavy (non-hydrogen) atoms. The molecule has 1 aliphatic heterocycles. The van der Waals surface area contributed by atoms with Gasteiger partial charge >= 0.3 is 5.97 Å². The first-order valence-electron chi connectivity index (χ1n) is 9.00. The average Bonchev–Trinajstić information content (AvgIpc) is 2.93. The maximum atomic E-state index is 13.1. The van der Waals surface area contributed by atoms with Gasteiger partial charge in [-0.2, -0.15) is 0 Å². The molecule has 8 nitrogen and oxygen atoms in total. The molecule has 152 valence electrons. The Bertz CT molecular complexity index is 1080. The van der Waals surface area contributed by atoms with Crippen LogP contribution in [0.5, 0.6) is 0 Å². The molecule has 1 aliphatic rings. The highest BCUT2D eigenvalue weighted by Gasteiger charge is 2.32. The molecule has 0 unspecified atom stereocenters. The molecule has 10 heteroatoms. The molecule has 1 amide bonds. The zero-order valence-corrected chi connectivity index (χ0v) is 17.5. The van der Waals surface area contributed by atoms with Gasteiger partial charge in [0.05, 0.1) is 16.9 Å². The fourth-order valence-electron chi connectivity index (χ4n) is 2.70. The van der Waals surface area contributed by atoms with E-state index >= 15 is 0 Å². The number of hydrogen-bond donors (Lipinski definition) is 2. The summed E-state index contributed by atoms with van der Waals surface area (Å²) in [5.74, 6) is -0.701. The zero-order valence-electron chi connectivity index (χ0n) is 15.9. The van der Waals surface area contributed by atoms with Gasteiger partial charge < -0.3 is 10.4 Å². The average molecular weight is 433 g/mol. The largest absolute Gasteiger partial charge is 0.481 e. The topological polar surface area (TPSA) is 104 Å². The highest BCUT2D eigenvalue weighted by molar-refractivity contribution is 8.26. The molecular formula is C19H20N4O4S2. The van der Waals surface area contributed by atoms with Crippen molar-refractivity contribution in [3.05, 3.63) is 45.2 Å². The Kier molecular flexibility index (Phi) is 6.33. The van der Waals surface area contributed by atoms with Crippen LogP contribution in [0.15, 0.2) is 34.1 Å². The van der Waals surface area contributed by atoms with E-state index in [4.69, 9.17) is 17.3 Å². The van der Waals surface area contributed by atoms with Crippen molar-refractivity contribution < 1.29 is 14.7 Å². The van der Waals surface area contributed by atoms with Crippen molar-refractivity contribution >= 4 is 57.7 Å². The molecule has 2 N–H and O–H groups in total. The van der Waals surface area contributed by atoms with Crippen LogP contribution < -0.4 is 10.9 Å². The third-order valence-electron chi connectivity index (χ3n) is 4.15. The summed E-state index contributed by atoms with van der Waals surface area (Å²) in [5, 5.41) is 12.0. The van der Waals surface area contributed by atoms with Crippen molar-refractivity contribution in [1.29, 1.82) is 0 Å². The Labute approximate surface area is 176 Å². The third-order valence-corrected chi connectivity index (χ3v) is 5.52. The van der Waals surface area contributed by atoms with Crippen LogP contribution in [0.4, 0.5) is 5.82 Å². The van der Waals surface area contributed by atoms with E-state index in [1.165, 1.54) is 15.4 Å². The molecule has 0 bridgehead atoms. The van der Waals surface area contributed by atoms with Crippen molar-refractivity contribution in [1.82, 2.24) is 14.3 Å². The van der Waals surface area contributed by atoms with Gasteiger partial charge in [0.25, 0.3) is 11.5 Å². The van der Waals surface area contributed by atoms with Crippen LogP contribution in [-0.2, 0) is 9.59 Å². The van der Waals surface area contributed by atoms with Crippen molar-refractivity contribution in [3.63, 3.8) is 0 Å². The highest BCUT2D eigenvalue weighted by Crippen LogP contribution is 2.33. The van der Waals surface area contributed by atoms with Crippen LogP contribution in [0.3, 0.4) is 0 Å². The monoisotopic (exact) mass is 432 g/mol. The zero-order chi connectivity index (χ0) is 21.1. The summed E-state index contributed by atoms with van der Waals surface area (Å²) in [4.78, 5) is 42.6. The van der Waals surface area contributed by atoms with Crippen LogP contribution in [0.1, 0.15) is 25.8 Å². The number of rotatable bonds is 7. The number of thiocarbonyl (C=S) groups is 1. The number of fused-ring (bicyclic) bond motifs is 1. The number of amides is 1. The Balaban J connectivity index is 2.04. The Hall–Kier alpha value is -2.72. The minimum atomic E-state index is -1.01. The molecule has 3 rings (SSSR count). The van der Waals surface area contributed by atoms with Gasteiger partial charge in [-0.05, 0) is 24.1 Å². The maximum absolute atomic E-state index is 13.1. The lowest BCUT2D eigenvalue weighted by Gasteiger charge is -2.13. The molecule has 2 aromatic heterocycles. The van der Waals surface area contributed by atoms with Gasteiger partial charge in [-0.15, -0.1) is 0 Å². The third kappa shape index (κ3) is 4.65. The van der Waals surface area contributed by atoms with Gasteiger partial charge in [-0.25, -0.2) is 4.98 Å². The fourth-order valence-corrected chi connectivity index (χ4v) is 3.99. The van der Waals surface area contributed by atoms with Crippen molar-refractivity contribution in [2.75, 3.05) is 18.4 Å². The Morgan fingerprint density at radius 2 is 2.14 bits per heavy atom. The molecule has 1 saturated heterocycles. The first-order valence-corrected chi connectivity index (χ1v) is 10.2. The number of aromatic nitrogens is 2. The van der Waals surface area contributed by atoms with E-state index < -0.39 is 11.9 Å². The summed E-state index contributed by atoms with van der Waals surface area (Å²) in [7, 11) is 0. The number of hydrogen-bond acceptors (Lipinski definition) is 7. The van der Waals surface area contributed by atoms with Crippen LogP contribution in [0.25, 0.3) is 11.7 Å². The number of carbonyl (C=O) groups is 2. The molecule has 2 aromatic rings. The molecule has 3 heterocycles. The second-order valence-corrected chi connectivity index (χ2v) is 8.54. The van der Waals surface area contributed by atoms with E-state index in [0.717, 1.165) is 11.8 Å². The summed E-state index contributed by atoms with van der Waals surface area (Å²) < 4.78 is 1.69. The van der Waals surface area contributed by atoms with Gasteiger partial charge in [0.2, 0.25) is 0 Å². The fraction of sp³-hybridized carbons (Fsp3) is 0.316. The van der Waals surface area contributed by atoms with E-state index in [1.807, 2.05) is 13.8 Å². The normalized spacial score (nSPS) is 15.7. The summed E-state index contributed by atoms with van der Waals surface area (Å²) in [5.41, 5.74) is 0.445. The summed E-state index contributed by atoms with van der Waals surface area (Å²) in [6.07, 6.45) is 2.89. The van der Waals surface area contributed by atoms with Gasteiger partial charge in [0.1, 0.15) is 15.8 Å². The van der Waals surface area contributed by atoms with Crippen molar-refractivity contribution in [2.45, 2.75) is 20.3 Å². The van der Waals surface area contributed by atoms with E-state index in [9.17, 15) is 14.4 Å². The van der Waals surface area contributed by atoms with Gasteiger partial charge in [-0.3, -0.25) is 23.7 Å². The van der Waals surface area contributed by atoms with Crippen LogP contribution in [-0.4, -0.2) is 48.7 Å². The van der Waals surface area contributed by atoms with Crippen molar-refractivity contribution in [3.8, 4) is 0 Å². The Morgan fingerprint density at radius 1 is 1.38 bits per heavy atom. The number of anilines is 1. The van der Waals surface area contributed by atoms with Crippen LogP contribution in [0.2, 0.25) is 0 Å². The van der Waals surface area contributed by atoms with E-state index in [0.29, 0.717) is 23.9 Å². The first-order chi connectivity index (χ1) is 13.8. The molecule has 0 aromatic carbocycles. The van der Waals surface area contributed by atoms with Gasteiger partial charge in [-0.1, -0.05) is 43.9 Å². The molecule has 0 saturated carbocycles. The lowest BCUT2D eigenvalue weighted by molar-refractivity contribution is -0.137. The number of carboxylic acids is 1. The van der Waals surface area contributed by atoms with E-state index in [1.54, 1.807) is 24.4 Å². The minimum absolute atomic E-state index is 0.00918. The number of pyridine rings is 1. The predicted octanol–water partition coefficient (Wildman–Crippen LogP) is 2.44. The predicted molar refractivity (Wildman–Crippen MR) is 117 cm³/mol. The molecular weight excluding hydrogens is 412 g/mol. The number of carboxylic acid groups (broad SMARTS) is 1. The minimum Gasteiger partial charge on any atom is -0.481 e. The van der Waals surface area contributed by atoms with Gasteiger partial charge in [0, 0.05) is 19.3 Å². The van der Waals surface area contributed by atoms with E-state index in [2.05, 4.69) is 10.3 Å². The number of aliphatic carboxylic acids is 1. The summed E-state index contributed by atoms with van der Waals surface area (Å²) in [6, 6.07) is 5.25. The van der Waals surface area contributed by atoms with Crippen LogP contribution >= 0.6 is 24.0 Å². The van der Waals surface area contributed by atoms with Crippen LogP contribution in [0, 0.1) is 5.92 Å². The molecule has 0 aliphatic carbocycles. The standard InChI is InChI=1S/C19H20N4O4S2/c1-11(2)10-20-16-12(17(26)22-7-4-3-5-14(22)21-16)9-13-18(27)23(19(28)29-13)8-6-15(24)25/h3-5,7,9,11,20H,6,8,10H2,1-2H3,(H,24,25)/b13-9-. The second-order valence-electron chi connectivity index (χ2n) is 6.86. The lowest BCUT2D eigenvalue weighted by Crippen LogP contribution is -2.30. The number of thioether (sulfide) groups is 1. The molecule has 1 fully saturated rings. The van der Waals surface area contributed by atoms with Crippen molar-refractivity contribution in [2.24, 2.45) is 5.92 Å². The number of nitrogens with zero attached hydrogens (tertiary/aromatic N) is 3. The lowest BCUT2D eigenvalue weighted by atomic mass is 10.2. The second kappa shape index (κ2) is 8.75. The number of carbonyl (C=O) groups excluding carboxylic acids is 1. The molecule has 0 spiro atoms. The smallest absolute Gasteiger partial charge is 0.305 e. The summed E-state index contributed by atoms with van der Waals surface area (Å²) in [6.45, 7) is 4.67. The first kappa shape index (κ1) is 21.0. The number of nitrogens with one attached hydrogen (secondary N) is 1. The molecule has 0 radical (unpaired) electrons. The Morgan fingerprint density at radius 3 is 2.83 bits per heavy atom. The highest BCUT2D eigenvalue weighted by atomic mass is 32.2. The maximum Gasteiger partial charge on any atom is 0.305 e. The SMILES string of the molecule is CC(C)CNc1nc2ccccn2c(=O)c1/C=C1\SC(=S)N(CCC(=O)O)C1=O.